The van der Waals surface area contributed by atoms with Crippen LogP contribution in [0.3, 0.4) is 0 Å². The van der Waals surface area contributed by atoms with Gasteiger partial charge in [0.15, 0.2) is 4.96 Å². The van der Waals surface area contributed by atoms with E-state index in [2.05, 4.69) is 20.9 Å². The first-order valence-electron chi connectivity index (χ1n) is 6.04. The smallest absolute Gasteiger partial charge is 0.276 e. The van der Waals surface area contributed by atoms with E-state index in [0.717, 1.165) is 10.7 Å². The van der Waals surface area contributed by atoms with Gasteiger partial charge in [-0.3, -0.25) is 14.5 Å². The van der Waals surface area contributed by atoms with Gasteiger partial charge in [-0.1, -0.05) is 22.0 Å². The van der Waals surface area contributed by atoms with Crippen molar-refractivity contribution >= 4 is 37.9 Å². The third kappa shape index (κ3) is 2.40. The molecule has 0 fully saturated rings. The predicted molar refractivity (Wildman–Crippen MR) is 83.6 cm³/mol. The minimum absolute atomic E-state index is 0.0360. The van der Waals surface area contributed by atoms with E-state index in [1.807, 2.05) is 16.0 Å². The van der Waals surface area contributed by atoms with Gasteiger partial charge in [0.05, 0.1) is 16.2 Å². The van der Waals surface area contributed by atoms with Gasteiger partial charge in [-0.05, 0) is 13.0 Å². The summed E-state index contributed by atoms with van der Waals surface area (Å²) < 4.78 is 7.74. The fourth-order valence-corrected chi connectivity index (χ4v) is 3.27. The minimum atomic E-state index is -0.417. The molecule has 6 nitrogen and oxygen atoms in total. The number of hydrogen-bond donors (Lipinski definition) is 0. The maximum atomic E-state index is 11.0. The maximum Gasteiger partial charge on any atom is 0.276 e. The number of thiazole rings is 1. The van der Waals surface area contributed by atoms with Gasteiger partial charge in [-0.25, -0.2) is 0 Å². The molecule has 2 aromatic heterocycles. The molecule has 0 bridgehead atoms. The average Bonchev–Trinajstić information content (AvgIpc) is 3.01. The first kappa shape index (κ1) is 14.0. The molecule has 8 heteroatoms. The summed E-state index contributed by atoms with van der Waals surface area (Å²) in [6.07, 6.45) is 1.91. The highest BCUT2D eigenvalue weighted by atomic mass is 79.9. The van der Waals surface area contributed by atoms with Crippen molar-refractivity contribution < 1.29 is 9.66 Å². The number of hydrogen-bond acceptors (Lipinski definition) is 5. The highest BCUT2D eigenvalue weighted by Gasteiger charge is 2.18. The fraction of sp³-hybridized carbons (Fsp3) is 0.154. The molecular weight excluding hydrogens is 358 g/mol. The molecule has 0 aliphatic heterocycles. The highest BCUT2D eigenvalue weighted by molar-refractivity contribution is 9.08. The summed E-state index contributed by atoms with van der Waals surface area (Å²) in [4.78, 5) is 15.8. The lowest BCUT2D eigenvalue weighted by Gasteiger charge is -2.07. The van der Waals surface area contributed by atoms with E-state index in [1.54, 1.807) is 19.1 Å². The Morgan fingerprint density at radius 3 is 3.05 bits per heavy atom. The van der Waals surface area contributed by atoms with E-state index in [4.69, 9.17) is 4.74 Å². The van der Waals surface area contributed by atoms with Crippen molar-refractivity contribution in [2.45, 2.75) is 12.3 Å². The zero-order valence-corrected chi connectivity index (χ0v) is 13.3. The van der Waals surface area contributed by atoms with E-state index in [-0.39, 0.29) is 5.69 Å². The number of alkyl halides is 1. The molecule has 0 aliphatic carbocycles. The number of ether oxygens (including phenoxy) is 1. The van der Waals surface area contributed by atoms with Crippen LogP contribution in [0.15, 0.2) is 29.8 Å². The number of benzene rings is 1. The van der Waals surface area contributed by atoms with Gasteiger partial charge in [-0.15, -0.1) is 11.3 Å². The molecule has 0 amide bonds. The summed E-state index contributed by atoms with van der Waals surface area (Å²) in [5.41, 5.74) is 1.39. The molecule has 21 heavy (non-hydrogen) atoms. The van der Waals surface area contributed by atoms with Crippen LogP contribution in [0.2, 0.25) is 0 Å². The van der Waals surface area contributed by atoms with Crippen molar-refractivity contribution in [3.8, 4) is 11.6 Å². The molecule has 0 radical (unpaired) electrons. The molecule has 0 saturated carbocycles. The topological polar surface area (TPSA) is 69.7 Å². The second-order valence-corrected chi connectivity index (χ2v) is 5.75. The second-order valence-electron chi connectivity index (χ2n) is 4.31. The standard InChI is InChI=1S/C13H10BrN3O3S/c1-8-9(17(18)19)3-2-4-11(8)20-12-10(7-14)16-5-6-21-13(16)15-12/h2-6H,7H2,1H3. The number of fused-ring (bicyclic) bond motifs is 1. The number of nitro benzene ring substituents is 1. The Morgan fingerprint density at radius 1 is 1.52 bits per heavy atom. The predicted octanol–water partition coefficient (Wildman–Crippen LogP) is 4.30. The molecule has 0 unspecified atom stereocenters. The molecule has 0 saturated heterocycles. The number of rotatable bonds is 4. The van der Waals surface area contributed by atoms with Crippen LogP contribution in [-0.2, 0) is 5.33 Å². The number of imidazole rings is 1. The van der Waals surface area contributed by atoms with Crippen molar-refractivity contribution in [3.05, 3.63) is 51.1 Å². The molecular formula is C13H10BrN3O3S. The number of aromatic nitrogens is 2. The van der Waals surface area contributed by atoms with Gasteiger partial charge in [0, 0.05) is 23.0 Å². The van der Waals surface area contributed by atoms with Crippen LogP contribution in [0.1, 0.15) is 11.3 Å². The van der Waals surface area contributed by atoms with Crippen LogP contribution in [0.25, 0.3) is 4.96 Å². The fourth-order valence-electron chi connectivity index (χ4n) is 2.03. The molecule has 0 spiro atoms. The van der Waals surface area contributed by atoms with E-state index in [9.17, 15) is 10.1 Å². The summed E-state index contributed by atoms with van der Waals surface area (Å²) in [5.74, 6) is 0.902. The van der Waals surface area contributed by atoms with Crippen LogP contribution in [0, 0.1) is 17.0 Å². The Morgan fingerprint density at radius 2 is 2.33 bits per heavy atom. The van der Waals surface area contributed by atoms with Crippen LogP contribution in [0.4, 0.5) is 5.69 Å². The molecule has 2 heterocycles. The van der Waals surface area contributed by atoms with E-state index in [0.29, 0.717) is 22.5 Å². The molecule has 3 rings (SSSR count). The lowest BCUT2D eigenvalue weighted by molar-refractivity contribution is -0.385. The Hall–Kier alpha value is -1.93. The van der Waals surface area contributed by atoms with Gasteiger partial charge in [0.1, 0.15) is 5.75 Å². The van der Waals surface area contributed by atoms with Gasteiger partial charge in [0.2, 0.25) is 5.88 Å². The van der Waals surface area contributed by atoms with Gasteiger partial charge >= 0.3 is 0 Å². The van der Waals surface area contributed by atoms with Gasteiger partial charge in [-0.2, -0.15) is 4.98 Å². The Labute approximate surface area is 132 Å². The Kier molecular flexibility index (Phi) is 3.64. The van der Waals surface area contributed by atoms with Gasteiger partial charge in [0.25, 0.3) is 5.69 Å². The minimum Gasteiger partial charge on any atom is -0.437 e. The summed E-state index contributed by atoms with van der Waals surface area (Å²) >= 11 is 4.92. The van der Waals surface area contributed by atoms with Crippen molar-refractivity contribution in [1.82, 2.24) is 9.38 Å². The van der Waals surface area contributed by atoms with Crippen molar-refractivity contribution in [1.29, 1.82) is 0 Å². The van der Waals surface area contributed by atoms with Crippen LogP contribution in [-0.4, -0.2) is 14.3 Å². The largest absolute Gasteiger partial charge is 0.437 e. The number of nitro groups is 1. The van der Waals surface area contributed by atoms with Crippen LogP contribution < -0.4 is 4.74 Å². The maximum absolute atomic E-state index is 11.0. The third-order valence-electron chi connectivity index (χ3n) is 3.11. The quantitative estimate of drug-likeness (QED) is 0.391. The second kappa shape index (κ2) is 5.45. The first-order valence-corrected chi connectivity index (χ1v) is 8.04. The molecule has 108 valence electrons. The Balaban J connectivity index is 2.04. The number of halogens is 1. The summed E-state index contributed by atoms with van der Waals surface area (Å²) in [6, 6.07) is 4.76. The average molecular weight is 368 g/mol. The van der Waals surface area contributed by atoms with Crippen molar-refractivity contribution in [2.24, 2.45) is 0 Å². The lowest BCUT2D eigenvalue weighted by Crippen LogP contribution is -1.96. The summed E-state index contributed by atoms with van der Waals surface area (Å²) in [6.45, 7) is 1.67. The monoisotopic (exact) mass is 367 g/mol. The molecule has 0 atom stereocenters. The van der Waals surface area contributed by atoms with E-state index in [1.165, 1.54) is 17.4 Å². The molecule has 1 aromatic carbocycles. The molecule has 0 aliphatic rings. The van der Waals surface area contributed by atoms with Crippen molar-refractivity contribution in [2.75, 3.05) is 0 Å². The van der Waals surface area contributed by atoms with E-state index >= 15 is 0 Å². The highest BCUT2D eigenvalue weighted by Crippen LogP contribution is 2.33. The summed E-state index contributed by atoms with van der Waals surface area (Å²) in [5, 5.41) is 13.5. The third-order valence-corrected chi connectivity index (χ3v) is 4.40. The summed E-state index contributed by atoms with van der Waals surface area (Å²) in [7, 11) is 0. The zero-order valence-electron chi connectivity index (χ0n) is 10.9. The zero-order chi connectivity index (χ0) is 15.0. The Bertz CT molecular complexity index is 827. The van der Waals surface area contributed by atoms with Crippen molar-refractivity contribution in [3.63, 3.8) is 0 Å². The molecule has 0 N–H and O–H groups in total. The lowest BCUT2D eigenvalue weighted by atomic mass is 10.2. The molecule has 3 aromatic rings. The van der Waals surface area contributed by atoms with Gasteiger partial charge < -0.3 is 4.74 Å². The number of nitrogens with zero attached hydrogens (tertiary/aromatic N) is 3. The van der Waals surface area contributed by atoms with Crippen LogP contribution >= 0.6 is 27.3 Å². The normalized spacial score (nSPS) is 11.0. The first-order chi connectivity index (χ1) is 10.1. The van der Waals surface area contributed by atoms with E-state index < -0.39 is 4.92 Å². The van der Waals surface area contributed by atoms with Crippen LogP contribution in [0.5, 0.6) is 11.6 Å². The SMILES string of the molecule is Cc1c(Oc2nc3sccn3c2CBr)cccc1[N+](=O)[O-].